The van der Waals surface area contributed by atoms with Crippen LogP contribution in [-0.4, -0.2) is 47.9 Å². The molecule has 1 fully saturated rings. The number of phenols is 1. The lowest BCUT2D eigenvalue weighted by Gasteiger charge is -2.16. The van der Waals surface area contributed by atoms with E-state index in [0.29, 0.717) is 24.0 Å². The summed E-state index contributed by atoms with van der Waals surface area (Å²) < 4.78 is 5.08. The summed E-state index contributed by atoms with van der Waals surface area (Å²) in [6, 6.07) is 13.6. The van der Waals surface area contributed by atoms with E-state index in [1.165, 1.54) is 0 Å². The Morgan fingerprint density at radius 3 is 2.93 bits per heavy atom. The van der Waals surface area contributed by atoms with E-state index in [-0.39, 0.29) is 5.75 Å². The molecule has 1 unspecified atom stereocenters. The Hall–Kier alpha value is -2.96. The van der Waals surface area contributed by atoms with Crippen molar-refractivity contribution in [2.24, 2.45) is 0 Å². The summed E-state index contributed by atoms with van der Waals surface area (Å²) in [5, 5.41) is 18.2. The zero-order valence-electron chi connectivity index (χ0n) is 15.9. The van der Waals surface area contributed by atoms with Gasteiger partial charge in [-0.1, -0.05) is 30.4 Å². The molecule has 144 valence electrons. The van der Waals surface area contributed by atoms with Gasteiger partial charge in [-0.2, -0.15) is 0 Å². The molecule has 1 aliphatic rings. The lowest BCUT2D eigenvalue weighted by atomic mass is 10.1. The van der Waals surface area contributed by atoms with E-state index in [1.54, 1.807) is 19.2 Å². The fourth-order valence-corrected chi connectivity index (χ4v) is 3.40. The van der Waals surface area contributed by atoms with Gasteiger partial charge in [-0.3, -0.25) is 0 Å². The topological polar surface area (TPSA) is 79.3 Å². The number of nitrogens with one attached hydrogen (secondary N) is 2. The standard InChI is InChI=1S/C22H24N4O2/c1-28-12-4-5-15-8-9-17-19(13-15)25-22(18-6-2-3-7-20(18)27)26-21(17)24-16-10-11-23-14-16/h2-9,13,16,23,27H,10-12,14H2,1H3,(H,24,25,26)/b5-4+. The van der Waals surface area contributed by atoms with Crippen LogP contribution in [0.2, 0.25) is 0 Å². The molecule has 3 N–H and O–H groups in total. The first kappa shape index (κ1) is 18.4. The molecule has 4 rings (SSSR count). The number of benzene rings is 2. The van der Waals surface area contributed by atoms with Gasteiger partial charge < -0.3 is 20.5 Å². The largest absolute Gasteiger partial charge is 0.507 e. The number of para-hydroxylation sites is 1. The van der Waals surface area contributed by atoms with Crippen LogP contribution in [0.1, 0.15) is 12.0 Å². The van der Waals surface area contributed by atoms with Crippen LogP contribution in [0.5, 0.6) is 5.75 Å². The second-order valence-corrected chi connectivity index (χ2v) is 6.88. The van der Waals surface area contributed by atoms with Crippen LogP contribution in [-0.2, 0) is 4.74 Å². The van der Waals surface area contributed by atoms with E-state index in [1.807, 2.05) is 36.4 Å². The Balaban J connectivity index is 1.80. The van der Waals surface area contributed by atoms with Crippen molar-refractivity contribution in [3.8, 4) is 17.1 Å². The van der Waals surface area contributed by atoms with Gasteiger partial charge >= 0.3 is 0 Å². The van der Waals surface area contributed by atoms with Crippen molar-refractivity contribution in [2.45, 2.75) is 12.5 Å². The molecule has 1 aromatic heterocycles. The number of aromatic nitrogens is 2. The van der Waals surface area contributed by atoms with Crippen molar-refractivity contribution in [3.63, 3.8) is 0 Å². The zero-order valence-corrected chi connectivity index (χ0v) is 15.9. The highest BCUT2D eigenvalue weighted by Gasteiger charge is 2.18. The maximum Gasteiger partial charge on any atom is 0.165 e. The molecule has 0 bridgehead atoms. The number of nitrogens with zero attached hydrogens (tertiary/aromatic N) is 2. The van der Waals surface area contributed by atoms with E-state index < -0.39 is 0 Å². The van der Waals surface area contributed by atoms with Crippen molar-refractivity contribution < 1.29 is 9.84 Å². The lowest BCUT2D eigenvalue weighted by molar-refractivity contribution is 0.234. The van der Waals surface area contributed by atoms with Gasteiger partial charge in [-0.15, -0.1) is 0 Å². The van der Waals surface area contributed by atoms with Gasteiger partial charge in [0.1, 0.15) is 11.6 Å². The van der Waals surface area contributed by atoms with Gasteiger partial charge in [0.2, 0.25) is 0 Å². The molecule has 0 spiro atoms. The number of hydrogen-bond donors (Lipinski definition) is 3. The van der Waals surface area contributed by atoms with Crippen LogP contribution < -0.4 is 10.6 Å². The number of aromatic hydroxyl groups is 1. The number of phenolic OH excluding ortho intramolecular Hbond substituents is 1. The van der Waals surface area contributed by atoms with Crippen molar-refractivity contribution in [1.29, 1.82) is 0 Å². The molecular weight excluding hydrogens is 352 g/mol. The molecule has 28 heavy (non-hydrogen) atoms. The van der Waals surface area contributed by atoms with Crippen LogP contribution >= 0.6 is 0 Å². The van der Waals surface area contributed by atoms with Gasteiger partial charge in [0.15, 0.2) is 5.82 Å². The van der Waals surface area contributed by atoms with E-state index in [4.69, 9.17) is 14.7 Å². The Morgan fingerprint density at radius 1 is 1.25 bits per heavy atom. The molecule has 3 aromatic rings. The number of methoxy groups -OCH3 is 1. The monoisotopic (exact) mass is 376 g/mol. The van der Waals surface area contributed by atoms with Crippen LogP contribution in [0.15, 0.2) is 48.5 Å². The van der Waals surface area contributed by atoms with Crippen molar-refractivity contribution in [2.75, 3.05) is 32.1 Å². The molecule has 2 aromatic carbocycles. The van der Waals surface area contributed by atoms with Gasteiger partial charge in [0.05, 0.1) is 17.7 Å². The van der Waals surface area contributed by atoms with E-state index in [0.717, 1.165) is 41.8 Å². The lowest BCUT2D eigenvalue weighted by Crippen LogP contribution is -2.23. The molecule has 6 nitrogen and oxygen atoms in total. The Kier molecular flexibility index (Phi) is 5.50. The summed E-state index contributed by atoms with van der Waals surface area (Å²) in [6.45, 7) is 2.48. The predicted octanol–water partition coefficient (Wildman–Crippen LogP) is 3.44. The highest BCUT2D eigenvalue weighted by Crippen LogP contribution is 2.31. The number of hydrogen-bond acceptors (Lipinski definition) is 6. The summed E-state index contributed by atoms with van der Waals surface area (Å²) >= 11 is 0. The Labute approximate surface area is 164 Å². The first-order valence-corrected chi connectivity index (χ1v) is 9.47. The molecule has 0 aliphatic carbocycles. The Morgan fingerprint density at radius 2 is 2.14 bits per heavy atom. The summed E-state index contributed by atoms with van der Waals surface area (Å²) in [7, 11) is 1.67. The summed E-state index contributed by atoms with van der Waals surface area (Å²) in [4.78, 5) is 9.49. The Bertz CT molecular complexity index is 997. The van der Waals surface area contributed by atoms with E-state index in [2.05, 4.69) is 16.7 Å². The fraction of sp³-hybridized carbons (Fsp3) is 0.273. The van der Waals surface area contributed by atoms with Crippen LogP contribution in [0.3, 0.4) is 0 Å². The van der Waals surface area contributed by atoms with Gasteiger partial charge in [0.25, 0.3) is 0 Å². The SMILES string of the molecule is COC/C=C/c1ccc2c(NC3CCNC3)nc(-c3ccccc3O)nc2c1. The molecule has 1 atom stereocenters. The van der Waals surface area contributed by atoms with E-state index >= 15 is 0 Å². The first-order valence-electron chi connectivity index (χ1n) is 9.47. The van der Waals surface area contributed by atoms with Crippen molar-refractivity contribution in [3.05, 3.63) is 54.1 Å². The maximum absolute atomic E-state index is 10.3. The third-order valence-corrected chi connectivity index (χ3v) is 4.84. The number of anilines is 1. The minimum Gasteiger partial charge on any atom is -0.507 e. The fourth-order valence-electron chi connectivity index (χ4n) is 3.40. The molecule has 0 saturated carbocycles. The van der Waals surface area contributed by atoms with Gasteiger partial charge in [-0.05, 0) is 42.8 Å². The third kappa shape index (κ3) is 3.98. The molecule has 0 amide bonds. The van der Waals surface area contributed by atoms with Crippen LogP contribution in [0.4, 0.5) is 5.82 Å². The smallest absolute Gasteiger partial charge is 0.165 e. The first-order chi connectivity index (χ1) is 13.7. The summed E-state index contributed by atoms with van der Waals surface area (Å²) in [5.41, 5.74) is 2.50. The summed E-state index contributed by atoms with van der Waals surface area (Å²) in [5.74, 6) is 1.48. The van der Waals surface area contributed by atoms with Crippen LogP contribution in [0, 0.1) is 0 Å². The van der Waals surface area contributed by atoms with Crippen molar-refractivity contribution >= 4 is 22.8 Å². The molecule has 1 aliphatic heterocycles. The molecule has 1 saturated heterocycles. The highest BCUT2D eigenvalue weighted by molar-refractivity contribution is 5.92. The van der Waals surface area contributed by atoms with Gasteiger partial charge in [0, 0.05) is 25.1 Å². The van der Waals surface area contributed by atoms with Crippen molar-refractivity contribution in [1.82, 2.24) is 15.3 Å². The number of fused-ring (bicyclic) bond motifs is 1. The molecular formula is C22H24N4O2. The average Bonchev–Trinajstić information content (AvgIpc) is 3.21. The number of rotatable bonds is 6. The second-order valence-electron chi connectivity index (χ2n) is 6.88. The van der Waals surface area contributed by atoms with Gasteiger partial charge in [-0.25, -0.2) is 9.97 Å². The molecule has 6 heteroatoms. The average molecular weight is 376 g/mol. The zero-order chi connectivity index (χ0) is 19.3. The van der Waals surface area contributed by atoms with Crippen LogP contribution in [0.25, 0.3) is 28.4 Å². The minimum absolute atomic E-state index is 0.173. The number of ether oxygens (including phenoxy) is 1. The maximum atomic E-state index is 10.3. The second kappa shape index (κ2) is 8.37. The minimum atomic E-state index is 0.173. The quantitative estimate of drug-likeness (QED) is 0.612. The normalized spacial score (nSPS) is 16.8. The highest BCUT2D eigenvalue weighted by atomic mass is 16.5. The summed E-state index contributed by atoms with van der Waals surface area (Å²) in [6.07, 6.45) is 5.03. The predicted molar refractivity (Wildman–Crippen MR) is 112 cm³/mol. The molecule has 0 radical (unpaired) electrons. The molecule has 2 heterocycles. The third-order valence-electron chi connectivity index (χ3n) is 4.84. The van der Waals surface area contributed by atoms with E-state index in [9.17, 15) is 5.11 Å².